The van der Waals surface area contributed by atoms with Gasteiger partial charge in [-0.3, -0.25) is 4.90 Å². The van der Waals surface area contributed by atoms with Crippen LogP contribution in [0.4, 0.5) is 4.39 Å². The van der Waals surface area contributed by atoms with Gasteiger partial charge < -0.3 is 4.74 Å². The highest BCUT2D eigenvalue weighted by molar-refractivity contribution is 5.71. The van der Waals surface area contributed by atoms with E-state index in [1.54, 1.807) is 19.2 Å². The van der Waals surface area contributed by atoms with Crippen LogP contribution in [0.3, 0.4) is 0 Å². The molecule has 0 fully saturated rings. The van der Waals surface area contributed by atoms with Gasteiger partial charge >= 0.3 is 0 Å². The molecular formula is C19H20FNO. The average molecular weight is 297 g/mol. The van der Waals surface area contributed by atoms with Crippen molar-refractivity contribution >= 4 is 5.57 Å². The molecule has 0 atom stereocenters. The van der Waals surface area contributed by atoms with Crippen molar-refractivity contribution in [2.75, 3.05) is 20.2 Å². The second-order valence-corrected chi connectivity index (χ2v) is 5.54. The molecule has 0 spiro atoms. The number of hydrogen-bond acceptors (Lipinski definition) is 2. The lowest BCUT2D eigenvalue weighted by Crippen LogP contribution is -2.28. The Balaban J connectivity index is 1.72. The van der Waals surface area contributed by atoms with Crippen molar-refractivity contribution in [1.82, 2.24) is 4.90 Å². The molecule has 0 N–H and O–H groups in total. The molecule has 1 aliphatic heterocycles. The van der Waals surface area contributed by atoms with Gasteiger partial charge in [-0.25, -0.2) is 4.39 Å². The van der Waals surface area contributed by atoms with Crippen LogP contribution in [0.1, 0.15) is 17.5 Å². The molecule has 2 aromatic carbocycles. The molecule has 0 saturated heterocycles. The molecule has 1 heterocycles. The molecular weight excluding hydrogens is 277 g/mol. The molecule has 3 rings (SSSR count). The van der Waals surface area contributed by atoms with Crippen LogP contribution in [0.15, 0.2) is 54.6 Å². The predicted molar refractivity (Wildman–Crippen MR) is 87.3 cm³/mol. The number of nitrogens with zero attached hydrogens (tertiary/aromatic N) is 1. The third-order valence-corrected chi connectivity index (χ3v) is 4.05. The summed E-state index contributed by atoms with van der Waals surface area (Å²) in [6, 6.07) is 15.2. The fraction of sp³-hybridized carbons (Fsp3) is 0.263. The summed E-state index contributed by atoms with van der Waals surface area (Å²) >= 11 is 0. The number of ether oxygens (including phenoxy) is 1. The fourth-order valence-corrected chi connectivity index (χ4v) is 2.87. The van der Waals surface area contributed by atoms with Gasteiger partial charge in [0.2, 0.25) is 0 Å². The minimum absolute atomic E-state index is 0.219. The zero-order valence-corrected chi connectivity index (χ0v) is 12.8. The highest BCUT2D eigenvalue weighted by atomic mass is 19.1. The summed E-state index contributed by atoms with van der Waals surface area (Å²) in [5, 5.41) is 0. The Hall–Kier alpha value is -2.13. The van der Waals surface area contributed by atoms with E-state index in [0.29, 0.717) is 0 Å². The largest absolute Gasteiger partial charge is 0.496 e. The van der Waals surface area contributed by atoms with E-state index in [0.717, 1.165) is 37.4 Å². The van der Waals surface area contributed by atoms with Gasteiger partial charge in [-0.1, -0.05) is 36.4 Å². The number of hydrogen-bond donors (Lipinski definition) is 0. The van der Waals surface area contributed by atoms with Crippen molar-refractivity contribution in [1.29, 1.82) is 0 Å². The molecule has 0 aromatic heterocycles. The lowest BCUT2D eigenvalue weighted by atomic mass is 9.98. The van der Waals surface area contributed by atoms with Gasteiger partial charge in [0.15, 0.2) is 0 Å². The van der Waals surface area contributed by atoms with Crippen LogP contribution in [0.5, 0.6) is 5.75 Å². The van der Waals surface area contributed by atoms with Crippen LogP contribution < -0.4 is 4.74 Å². The summed E-state index contributed by atoms with van der Waals surface area (Å²) in [6.07, 6.45) is 3.09. The SMILES string of the molecule is COc1ccc(F)cc1C1=CCN(Cc2ccccc2)CC1. The van der Waals surface area contributed by atoms with Gasteiger partial charge in [-0.2, -0.15) is 0 Å². The second kappa shape index (κ2) is 6.75. The lowest BCUT2D eigenvalue weighted by Gasteiger charge is -2.27. The van der Waals surface area contributed by atoms with E-state index in [1.165, 1.54) is 17.2 Å². The maximum Gasteiger partial charge on any atom is 0.126 e. The molecule has 0 amide bonds. The minimum Gasteiger partial charge on any atom is -0.496 e. The monoisotopic (exact) mass is 297 g/mol. The first-order valence-corrected chi connectivity index (χ1v) is 7.55. The van der Waals surface area contributed by atoms with Crippen LogP contribution in [-0.4, -0.2) is 25.1 Å². The smallest absolute Gasteiger partial charge is 0.126 e. The van der Waals surface area contributed by atoms with Gasteiger partial charge in [0.05, 0.1) is 7.11 Å². The summed E-state index contributed by atoms with van der Waals surface area (Å²) in [5.74, 6) is 0.521. The first-order chi connectivity index (χ1) is 10.8. The summed E-state index contributed by atoms with van der Waals surface area (Å²) in [4.78, 5) is 2.39. The van der Waals surface area contributed by atoms with Crippen LogP contribution in [0, 0.1) is 5.82 Å². The maximum absolute atomic E-state index is 13.5. The average Bonchev–Trinajstić information content (AvgIpc) is 2.56. The summed E-state index contributed by atoms with van der Waals surface area (Å²) in [7, 11) is 1.63. The van der Waals surface area contributed by atoms with E-state index in [2.05, 4.69) is 35.2 Å². The maximum atomic E-state index is 13.5. The Morgan fingerprint density at radius 1 is 1.14 bits per heavy atom. The van der Waals surface area contributed by atoms with Crippen LogP contribution in [0.25, 0.3) is 5.57 Å². The number of halogens is 1. The molecule has 114 valence electrons. The van der Waals surface area contributed by atoms with Gasteiger partial charge in [-0.05, 0) is 35.8 Å². The molecule has 1 aliphatic rings. The van der Waals surface area contributed by atoms with Crippen LogP contribution in [-0.2, 0) is 6.54 Å². The number of rotatable bonds is 4. The minimum atomic E-state index is -0.219. The highest BCUT2D eigenvalue weighted by Gasteiger charge is 2.16. The Bertz CT molecular complexity index is 666. The Labute approximate surface area is 130 Å². The van der Waals surface area contributed by atoms with E-state index in [9.17, 15) is 4.39 Å². The highest BCUT2D eigenvalue weighted by Crippen LogP contribution is 2.31. The third-order valence-electron chi connectivity index (χ3n) is 4.05. The molecule has 0 saturated carbocycles. The predicted octanol–water partition coefficient (Wildman–Crippen LogP) is 4.12. The van der Waals surface area contributed by atoms with E-state index in [1.807, 2.05) is 6.07 Å². The molecule has 2 aromatic rings. The molecule has 0 bridgehead atoms. The Morgan fingerprint density at radius 3 is 2.64 bits per heavy atom. The third kappa shape index (κ3) is 3.37. The lowest BCUT2D eigenvalue weighted by molar-refractivity contribution is 0.293. The van der Waals surface area contributed by atoms with Gasteiger partial charge in [0.25, 0.3) is 0 Å². The van der Waals surface area contributed by atoms with Gasteiger partial charge in [-0.15, -0.1) is 0 Å². The van der Waals surface area contributed by atoms with Gasteiger partial charge in [0, 0.05) is 25.2 Å². The van der Waals surface area contributed by atoms with E-state index < -0.39 is 0 Å². The van der Waals surface area contributed by atoms with Crippen molar-refractivity contribution in [3.8, 4) is 5.75 Å². The van der Waals surface area contributed by atoms with E-state index in [-0.39, 0.29) is 5.82 Å². The van der Waals surface area contributed by atoms with Crippen molar-refractivity contribution in [3.63, 3.8) is 0 Å². The van der Waals surface area contributed by atoms with Crippen LogP contribution in [0.2, 0.25) is 0 Å². The summed E-state index contributed by atoms with van der Waals surface area (Å²) in [6.45, 7) is 2.80. The topological polar surface area (TPSA) is 12.5 Å². The molecule has 22 heavy (non-hydrogen) atoms. The summed E-state index contributed by atoms with van der Waals surface area (Å²) < 4.78 is 18.9. The standard InChI is InChI=1S/C19H20FNO/c1-22-19-8-7-17(20)13-18(19)16-9-11-21(12-10-16)14-15-5-3-2-4-6-15/h2-9,13H,10-12,14H2,1H3. The Morgan fingerprint density at radius 2 is 1.95 bits per heavy atom. The van der Waals surface area contributed by atoms with Gasteiger partial charge in [0.1, 0.15) is 11.6 Å². The Kier molecular flexibility index (Phi) is 4.54. The summed E-state index contributed by atoms with van der Waals surface area (Å²) in [5.41, 5.74) is 3.37. The first kappa shape index (κ1) is 14.8. The normalized spacial score (nSPS) is 15.5. The molecule has 0 unspecified atom stereocenters. The molecule has 3 heteroatoms. The first-order valence-electron chi connectivity index (χ1n) is 7.55. The van der Waals surface area contributed by atoms with Crippen molar-refractivity contribution in [2.24, 2.45) is 0 Å². The number of methoxy groups -OCH3 is 1. The molecule has 0 aliphatic carbocycles. The zero-order valence-electron chi connectivity index (χ0n) is 12.8. The van der Waals surface area contributed by atoms with Crippen molar-refractivity contribution in [2.45, 2.75) is 13.0 Å². The van der Waals surface area contributed by atoms with E-state index >= 15 is 0 Å². The van der Waals surface area contributed by atoms with E-state index in [4.69, 9.17) is 4.74 Å². The zero-order chi connectivity index (χ0) is 15.4. The fourth-order valence-electron chi connectivity index (χ4n) is 2.87. The molecule has 2 nitrogen and oxygen atoms in total. The van der Waals surface area contributed by atoms with Crippen LogP contribution >= 0.6 is 0 Å². The number of benzene rings is 2. The second-order valence-electron chi connectivity index (χ2n) is 5.54. The van der Waals surface area contributed by atoms with Crippen molar-refractivity contribution < 1.29 is 9.13 Å². The van der Waals surface area contributed by atoms with Crippen molar-refractivity contribution in [3.05, 3.63) is 71.6 Å². The molecule has 0 radical (unpaired) electrons. The quantitative estimate of drug-likeness (QED) is 0.841.